The SMILES string of the molecule is O=C(O)CN1C(=O)/C(=C/c2ccc(N3N=C(c4ccccc4)C[C@H]3c3ccccc3)cc2)SC1=S. The van der Waals surface area contributed by atoms with Gasteiger partial charge < -0.3 is 5.11 Å². The quantitative estimate of drug-likeness (QED) is 0.365. The summed E-state index contributed by atoms with van der Waals surface area (Å²) in [6.45, 7) is -0.432. The Balaban J connectivity index is 1.42. The van der Waals surface area contributed by atoms with Gasteiger partial charge in [0.05, 0.1) is 22.3 Å². The molecule has 8 heteroatoms. The van der Waals surface area contributed by atoms with Crippen LogP contribution in [0, 0.1) is 0 Å². The van der Waals surface area contributed by atoms with E-state index in [-0.39, 0.29) is 16.3 Å². The van der Waals surface area contributed by atoms with Gasteiger partial charge in [-0.3, -0.25) is 19.5 Å². The van der Waals surface area contributed by atoms with E-state index in [1.54, 1.807) is 6.08 Å². The average molecular weight is 500 g/mol. The Morgan fingerprint density at radius 2 is 1.69 bits per heavy atom. The summed E-state index contributed by atoms with van der Waals surface area (Å²) in [4.78, 5) is 25.1. The fourth-order valence-electron chi connectivity index (χ4n) is 4.13. The lowest BCUT2D eigenvalue weighted by molar-refractivity contribution is -0.140. The molecule has 5 rings (SSSR count). The maximum atomic E-state index is 12.6. The Hall–Kier alpha value is -3.75. The van der Waals surface area contributed by atoms with Crippen LogP contribution in [0.5, 0.6) is 0 Å². The van der Waals surface area contributed by atoms with E-state index in [1.807, 2.05) is 65.7 Å². The second-order valence-corrected chi connectivity index (χ2v) is 9.82. The van der Waals surface area contributed by atoms with Crippen LogP contribution in [0.2, 0.25) is 0 Å². The highest BCUT2D eigenvalue weighted by molar-refractivity contribution is 8.26. The van der Waals surface area contributed by atoms with Gasteiger partial charge in [0.15, 0.2) is 0 Å². The highest BCUT2D eigenvalue weighted by Crippen LogP contribution is 2.37. The summed E-state index contributed by atoms with van der Waals surface area (Å²) < 4.78 is 0.255. The molecule has 0 aromatic heterocycles. The number of aliphatic carboxylic acids is 1. The molecule has 0 aliphatic carbocycles. The molecule has 0 unspecified atom stereocenters. The fraction of sp³-hybridized carbons (Fsp3) is 0.111. The van der Waals surface area contributed by atoms with Crippen LogP contribution in [0.25, 0.3) is 6.08 Å². The zero-order valence-electron chi connectivity index (χ0n) is 18.6. The molecule has 0 spiro atoms. The van der Waals surface area contributed by atoms with Crippen LogP contribution in [0.1, 0.15) is 29.2 Å². The number of carboxylic acid groups (broad SMARTS) is 1. The Bertz CT molecular complexity index is 1340. The highest BCUT2D eigenvalue weighted by Gasteiger charge is 2.33. The smallest absolute Gasteiger partial charge is 0.323 e. The zero-order chi connectivity index (χ0) is 24.4. The average Bonchev–Trinajstić information content (AvgIpc) is 3.43. The van der Waals surface area contributed by atoms with Crippen molar-refractivity contribution in [3.8, 4) is 0 Å². The molecule has 3 aromatic carbocycles. The molecule has 174 valence electrons. The predicted octanol–water partition coefficient (Wildman–Crippen LogP) is 5.33. The molecular formula is C27H21N3O3S2. The molecule has 1 saturated heterocycles. The second kappa shape index (κ2) is 9.85. The first-order valence-corrected chi connectivity index (χ1v) is 12.3. The van der Waals surface area contributed by atoms with E-state index < -0.39 is 12.5 Å². The Morgan fingerprint density at radius 3 is 2.34 bits per heavy atom. The number of carbonyl (C=O) groups excluding carboxylic acids is 1. The topological polar surface area (TPSA) is 73.2 Å². The van der Waals surface area contributed by atoms with Crippen molar-refractivity contribution >= 4 is 57.7 Å². The minimum Gasteiger partial charge on any atom is -0.480 e. The molecule has 2 heterocycles. The molecule has 2 aliphatic heterocycles. The molecule has 3 aromatic rings. The van der Waals surface area contributed by atoms with E-state index >= 15 is 0 Å². The number of anilines is 1. The van der Waals surface area contributed by atoms with Crippen LogP contribution in [-0.4, -0.2) is 38.5 Å². The standard InChI is InChI=1S/C27H21N3O3S2/c31-25(32)17-29-26(33)24(35-27(29)34)15-18-11-13-21(14-12-18)30-23(20-9-5-2-6-10-20)16-22(28-30)19-7-3-1-4-8-19/h1-15,23H,16-17H2,(H,31,32)/b24-15-/t23-/m0/s1. The normalized spacial score (nSPS) is 18.9. The minimum absolute atomic E-state index is 0.0736. The third-order valence-corrected chi connectivity index (χ3v) is 7.20. The Kier molecular flexibility index (Phi) is 6.48. The minimum atomic E-state index is -1.10. The molecule has 35 heavy (non-hydrogen) atoms. The summed E-state index contributed by atoms with van der Waals surface area (Å²) in [6.07, 6.45) is 2.53. The first-order valence-electron chi connectivity index (χ1n) is 11.0. The molecule has 2 aliphatic rings. The summed E-state index contributed by atoms with van der Waals surface area (Å²) >= 11 is 6.29. The number of amides is 1. The number of hydrogen-bond donors (Lipinski definition) is 1. The van der Waals surface area contributed by atoms with Crippen molar-refractivity contribution in [2.24, 2.45) is 5.10 Å². The fourth-order valence-corrected chi connectivity index (χ4v) is 5.39. The van der Waals surface area contributed by atoms with Gasteiger partial charge in [-0.1, -0.05) is 96.8 Å². The van der Waals surface area contributed by atoms with Crippen LogP contribution >= 0.6 is 24.0 Å². The van der Waals surface area contributed by atoms with E-state index in [2.05, 4.69) is 24.3 Å². The molecule has 6 nitrogen and oxygen atoms in total. The van der Waals surface area contributed by atoms with Crippen LogP contribution < -0.4 is 5.01 Å². The summed E-state index contributed by atoms with van der Waals surface area (Å²) in [7, 11) is 0. The van der Waals surface area contributed by atoms with Crippen LogP contribution in [0.3, 0.4) is 0 Å². The number of carboxylic acids is 1. The lowest BCUT2D eigenvalue weighted by Gasteiger charge is -2.24. The van der Waals surface area contributed by atoms with Crippen molar-refractivity contribution in [2.45, 2.75) is 12.5 Å². The highest BCUT2D eigenvalue weighted by atomic mass is 32.2. The maximum Gasteiger partial charge on any atom is 0.323 e. The summed E-state index contributed by atoms with van der Waals surface area (Å²) in [5.74, 6) is -1.48. The molecule has 0 bridgehead atoms. The number of thiocarbonyl (C=S) groups is 1. The second-order valence-electron chi connectivity index (χ2n) is 8.14. The summed E-state index contributed by atoms with van der Waals surface area (Å²) in [5.41, 5.74) is 5.10. The number of benzene rings is 3. The number of rotatable bonds is 6. The van der Waals surface area contributed by atoms with Crippen molar-refractivity contribution in [3.63, 3.8) is 0 Å². The molecule has 0 saturated carbocycles. The molecule has 1 amide bonds. The lowest BCUT2D eigenvalue weighted by atomic mass is 9.98. The number of carbonyl (C=O) groups is 2. The van der Waals surface area contributed by atoms with Gasteiger partial charge >= 0.3 is 5.97 Å². The van der Waals surface area contributed by atoms with Crippen LogP contribution in [-0.2, 0) is 9.59 Å². The summed E-state index contributed by atoms with van der Waals surface area (Å²) in [5, 5.41) is 16.0. The zero-order valence-corrected chi connectivity index (χ0v) is 20.2. The van der Waals surface area contributed by atoms with Crippen molar-refractivity contribution in [2.75, 3.05) is 11.6 Å². The van der Waals surface area contributed by atoms with Gasteiger partial charge in [-0.05, 0) is 34.9 Å². The van der Waals surface area contributed by atoms with E-state index in [4.69, 9.17) is 22.4 Å². The molecular weight excluding hydrogens is 478 g/mol. The van der Waals surface area contributed by atoms with Crippen molar-refractivity contribution in [3.05, 3.63) is 107 Å². The van der Waals surface area contributed by atoms with Crippen LogP contribution in [0.15, 0.2) is 94.9 Å². The molecule has 1 atom stereocenters. The number of thioether (sulfide) groups is 1. The van der Waals surface area contributed by atoms with Gasteiger partial charge in [0.2, 0.25) is 0 Å². The van der Waals surface area contributed by atoms with E-state index in [0.717, 1.165) is 45.6 Å². The van der Waals surface area contributed by atoms with Crippen LogP contribution in [0.4, 0.5) is 5.69 Å². The Morgan fingerprint density at radius 1 is 1.03 bits per heavy atom. The van der Waals surface area contributed by atoms with Gasteiger partial charge in [0.25, 0.3) is 5.91 Å². The monoisotopic (exact) mass is 499 g/mol. The van der Waals surface area contributed by atoms with Gasteiger partial charge in [0.1, 0.15) is 10.9 Å². The van der Waals surface area contributed by atoms with Crippen molar-refractivity contribution in [1.29, 1.82) is 0 Å². The van der Waals surface area contributed by atoms with Gasteiger partial charge in [-0.15, -0.1) is 0 Å². The number of nitrogens with zero attached hydrogens (tertiary/aromatic N) is 3. The molecule has 1 fully saturated rings. The van der Waals surface area contributed by atoms with E-state index in [1.165, 1.54) is 5.56 Å². The third kappa shape index (κ3) is 4.89. The van der Waals surface area contributed by atoms with E-state index in [9.17, 15) is 9.59 Å². The van der Waals surface area contributed by atoms with Gasteiger partial charge in [-0.2, -0.15) is 5.10 Å². The van der Waals surface area contributed by atoms with E-state index in [0.29, 0.717) is 4.91 Å². The molecule has 0 radical (unpaired) electrons. The number of hydrogen-bond acceptors (Lipinski definition) is 6. The Labute approximate surface area is 212 Å². The van der Waals surface area contributed by atoms with Gasteiger partial charge in [-0.25, -0.2) is 0 Å². The first-order chi connectivity index (χ1) is 17.0. The van der Waals surface area contributed by atoms with Crippen molar-refractivity contribution in [1.82, 2.24) is 4.90 Å². The maximum absolute atomic E-state index is 12.6. The first kappa shape index (κ1) is 23.0. The largest absolute Gasteiger partial charge is 0.480 e. The third-order valence-electron chi connectivity index (χ3n) is 5.82. The summed E-state index contributed by atoms with van der Waals surface area (Å²) in [6, 6.07) is 28.4. The predicted molar refractivity (Wildman–Crippen MR) is 143 cm³/mol. The number of hydrazone groups is 1. The van der Waals surface area contributed by atoms with Gasteiger partial charge in [0, 0.05) is 6.42 Å². The molecule has 1 N–H and O–H groups in total. The van der Waals surface area contributed by atoms with Crippen molar-refractivity contribution < 1.29 is 14.7 Å². The lowest BCUT2D eigenvalue weighted by Crippen LogP contribution is -2.33.